The molecule has 0 aliphatic rings. The van der Waals surface area contributed by atoms with Crippen LogP contribution in [0, 0.1) is 0 Å². The molecule has 29 heavy (non-hydrogen) atoms. The number of halogens is 1. The molecule has 3 heterocycles. The van der Waals surface area contributed by atoms with Gasteiger partial charge in [-0.2, -0.15) is 0 Å². The highest BCUT2D eigenvalue weighted by molar-refractivity contribution is 9.10. The van der Waals surface area contributed by atoms with E-state index in [2.05, 4.69) is 20.9 Å². The van der Waals surface area contributed by atoms with Crippen molar-refractivity contribution in [2.75, 3.05) is 7.11 Å². The SMILES string of the molecule is COc1cccc2c1cc(Cn1c(=O)c3c(nc(Br)n3C)n(C)c1=O)n2C(=O)O. The number of fused-ring (bicyclic) bond motifs is 2. The van der Waals surface area contributed by atoms with Crippen LogP contribution in [0.1, 0.15) is 5.69 Å². The van der Waals surface area contributed by atoms with Crippen molar-refractivity contribution in [3.05, 3.63) is 55.5 Å². The standard InChI is InChI=1S/C18H16BrN5O5/c1-21-13-14(20-16(21)19)22(2)17(26)23(15(13)25)8-9-7-10-11(24(9)18(27)28)5-4-6-12(10)29-3/h4-7H,8H2,1-3H3,(H,27,28). The van der Waals surface area contributed by atoms with E-state index in [0.717, 1.165) is 9.13 Å². The number of rotatable bonds is 3. The van der Waals surface area contributed by atoms with Gasteiger partial charge in [-0.15, -0.1) is 0 Å². The maximum absolute atomic E-state index is 13.0. The third-order valence-electron chi connectivity index (χ3n) is 4.92. The van der Waals surface area contributed by atoms with Gasteiger partial charge < -0.3 is 14.4 Å². The Kier molecular flexibility index (Phi) is 4.34. The van der Waals surface area contributed by atoms with Crippen molar-refractivity contribution in [2.45, 2.75) is 6.54 Å². The smallest absolute Gasteiger partial charge is 0.416 e. The lowest BCUT2D eigenvalue weighted by Gasteiger charge is -2.10. The average Bonchev–Trinajstić information content (AvgIpc) is 3.21. The lowest BCUT2D eigenvalue weighted by atomic mass is 10.2. The number of nitrogens with zero attached hydrogens (tertiary/aromatic N) is 5. The van der Waals surface area contributed by atoms with E-state index in [1.54, 1.807) is 31.3 Å². The van der Waals surface area contributed by atoms with Crippen molar-refractivity contribution in [3.63, 3.8) is 0 Å². The number of imidazole rings is 1. The third-order valence-corrected chi connectivity index (χ3v) is 5.63. The summed E-state index contributed by atoms with van der Waals surface area (Å²) in [4.78, 5) is 42.0. The normalized spacial score (nSPS) is 11.4. The second kappa shape index (κ2) is 6.62. The number of ether oxygens (including phenoxy) is 1. The van der Waals surface area contributed by atoms with Crippen LogP contribution in [0.25, 0.3) is 22.1 Å². The molecule has 1 aromatic carbocycles. The number of aryl methyl sites for hydroxylation is 2. The summed E-state index contributed by atoms with van der Waals surface area (Å²) in [5.41, 5.74) is -0.0151. The van der Waals surface area contributed by atoms with Gasteiger partial charge >= 0.3 is 11.8 Å². The van der Waals surface area contributed by atoms with Crippen LogP contribution in [0.3, 0.4) is 0 Å². The number of carboxylic acid groups (broad SMARTS) is 1. The highest BCUT2D eigenvalue weighted by atomic mass is 79.9. The van der Waals surface area contributed by atoms with Crippen LogP contribution < -0.4 is 16.0 Å². The number of aromatic nitrogens is 5. The molecule has 1 N–H and O–H groups in total. The largest absolute Gasteiger partial charge is 0.496 e. The van der Waals surface area contributed by atoms with Gasteiger partial charge in [-0.3, -0.25) is 13.9 Å². The van der Waals surface area contributed by atoms with Crippen LogP contribution >= 0.6 is 15.9 Å². The van der Waals surface area contributed by atoms with Crippen LogP contribution in [0.4, 0.5) is 4.79 Å². The molecule has 0 radical (unpaired) electrons. The lowest BCUT2D eigenvalue weighted by Crippen LogP contribution is -2.40. The molecular weight excluding hydrogens is 446 g/mol. The van der Waals surface area contributed by atoms with Gasteiger partial charge in [0.15, 0.2) is 15.9 Å². The molecule has 0 amide bonds. The molecule has 0 saturated heterocycles. The van der Waals surface area contributed by atoms with Crippen molar-refractivity contribution >= 4 is 44.1 Å². The zero-order chi connectivity index (χ0) is 21.0. The molecule has 4 rings (SSSR count). The van der Waals surface area contributed by atoms with Crippen LogP contribution in [-0.4, -0.2) is 41.6 Å². The van der Waals surface area contributed by atoms with E-state index in [-0.39, 0.29) is 23.4 Å². The first-order chi connectivity index (χ1) is 13.8. The zero-order valence-corrected chi connectivity index (χ0v) is 17.3. The molecular formula is C18H16BrN5O5. The van der Waals surface area contributed by atoms with Gasteiger partial charge in [-0.05, 0) is 34.1 Å². The highest BCUT2D eigenvalue weighted by Crippen LogP contribution is 2.29. The summed E-state index contributed by atoms with van der Waals surface area (Å²) < 4.78 is 10.6. The average molecular weight is 462 g/mol. The Morgan fingerprint density at radius 1 is 1.24 bits per heavy atom. The first-order valence-electron chi connectivity index (χ1n) is 8.48. The number of carbonyl (C=O) groups is 1. The highest BCUT2D eigenvalue weighted by Gasteiger charge is 2.21. The van der Waals surface area contributed by atoms with Gasteiger partial charge in [0, 0.05) is 19.5 Å². The van der Waals surface area contributed by atoms with Gasteiger partial charge in [0.2, 0.25) is 0 Å². The Labute approximate surface area is 171 Å². The van der Waals surface area contributed by atoms with Crippen molar-refractivity contribution in [3.8, 4) is 5.75 Å². The van der Waals surface area contributed by atoms with E-state index in [4.69, 9.17) is 4.74 Å². The Morgan fingerprint density at radius 3 is 2.62 bits per heavy atom. The Bertz CT molecular complexity index is 1420. The molecule has 11 heteroatoms. The molecule has 0 saturated carbocycles. The van der Waals surface area contributed by atoms with E-state index in [1.807, 2.05) is 0 Å². The topological polar surface area (TPSA) is 113 Å². The van der Waals surface area contributed by atoms with E-state index < -0.39 is 17.3 Å². The molecule has 0 aliphatic carbocycles. The van der Waals surface area contributed by atoms with Crippen LogP contribution in [0.15, 0.2) is 38.6 Å². The maximum Gasteiger partial charge on any atom is 0.416 e. The molecule has 150 valence electrons. The summed E-state index contributed by atoms with van der Waals surface area (Å²) in [5, 5.41) is 10.3. The van der Waals surface area contributed by atoms with Crippen molar-refractivity contribution < 1.29 is 14.6 Å². The summed E-state index contributed by atoms with van der Waals surface area (Å²) in [6.45, 7) is -0.228. The number of benzene rings is 1. The van der Waals surface area contributed by atoms with Gasteiger partial charge in [0.05, 0.1) is 24.9 Å². The summed E-state index contributed by atoms with van der Waals surface area (Å²) in [5.74, 6) is 0.495. The maximum atomic E-state index is 13.0. The Balaban J connectivity index is 2.01. The third kappa shape index (κ3) is 2.69. The van der Waals surface area contributed by atoms with Crippen molar-refractivity contribution in [1.82, 2.24) is 23.3 Å². The summed E-state index contributed by atoms with van der Waals surface area (Å²) >= 11 is 3.26. The summed E-state index contributed by atoms with van der Waals surface area (Å²) in [6, 6.07) is 6.63. The first-order valence-corrected chi connectivity index (χ1v) is 9.28. The molecule has 3 aromatic heterocycles. The number of hydrogen-bond donors (Lipinski definition) is 1. The molecule has 4 aromatic rings. The van der Waals surface area contributed by atoms with E-state index >= 15 is 0 Å². The quantitative estimate of drug-likeness (QED) is 0.464. The van der Waals surface area contributed by atoms with E-state index in [9.17, 15) is 19.5 Å². The minimum atomic E-state index is -1.22. The summed E-state index contributed by atoms with van der Waals surface area (Å²) in [6.07, 6.45) is -1.22. The number of methoxy groups -OCH3 is 1. The molecule has 0 aliphatic heterocycles. The van der Waals surface area contributed by atoms with Crippen molar-refractivity contribution in [2.24, 2.45) is 14.1 Å². The van der Waals surface area contributed by atoms with Crippen LogP contribution in [-0.2, 0) is 20.6 Å². The molecule has 10 nitrogen and oxygen atoms in total. The summed E-state index contributed by atoms with van der Waals surface area (Å²) in [7, 11) is 4.64. The molecule has 0 spiro atoms. The molecule has 0 fully saturated rings. The number of hydrogen-bond acceptors (Lipinski definition) is 5. The van der Waals surface area contributed by atoms with Gasteiger partial charge in [-0.1, -0.05) is 6.07 Å². The second-order valence-corrected chi connectivity index (χ2v) is 7.20. The molecule has 0 atom stereocenters. The van der Waals surface area contributed by atoms with Crippen molar-refractivity contribution in [1.29, 1.82) is 0 Å². The monoisotopic (exact) mass is 461 g/mol. The Morgan fingerprint density at radius 2 is 1.97 bits per heavy atom. The van der Waals surface area contributed by atoms with E-state index in [1.165, 1.54) is 23.3 Å². The first kappa shape index (κ1) is 19.0. The van der Waals surface area contributed by atoms with Crippen LogP contribution in [0.2, 0.25) is 0 Å². The minimum Gasteiger partial charge on any atom is -0.496 e. The van der Waals surface area contributed by atoms with Gasteiger partial charge in [-0.25, -0.2) is 19.1 Å². The predicted molar refractivity (Wildman–Crippen MR) is 109 cm³/mol. The Hall–Kier alpha value is -3.34. The van der Waals surface area contributed by atoms with Crippen LogP contribution in [0.5, 0.6) is 5.75 Å². The molecule has 0 bridgehead atoms. The lowest BCUT2D eigenvalue weighted by molar-refractivity contribution is 0.196. The van der Waals surface area contributed by atoms with E-state index in [0.29, 0.717) is 21.4 Å². The minimum absolute atomic E-state index is 0.228. The second-order valence-electron chi connectivity index (χ2n) is 6.49. The fourth-order valence-corrected chi connectivity index (χ4v) is 3.84. The van der Waals surface area contributed by atoms with Gasteiger partial charge in [0.1, 0.15) is 5.75 Å². The molecule has 0 unspecified atom stereocenters. The fraction of sp³-hybridized carbons (Fsp3) is 0.222. The fourth-order valence-electron chi connectivity index (χ4n) is 3.50. The predicted octanol–water partition coefficient (Wildman–Crippen LogP) is 1.73. The van der Waals surface area contributed by atoms with Gasteiger partial charge in [0.25, 0.3) is 5.56 Å². The zero-order valence-electron chi connectivity index (χ0n) is 15.7.